The molecule has 1 aliphatic rings. The molecule has 0 aromatic carbocycles. The number of nitrogens with zero attached hydrogens (tertiary/aromatic N) is 1. The summed E-state index contributed by atoms with van der Waals surface area (Å²) in [6.07, 6.45) is 6.16. The van der Waals surface area contributed by atoms with Crippen LogP contribution in [0.1, 0.15) is 39.0 Å². The van der Waals surface area contributed by atoms with Gasteiger partial charge in [0.25, 0.3) is 0 Å². The molecule has 78 valence electrons. The van der Waals surface area contributed by atoms with E-state index in [0.29, 0.717) is 6.61 Å². The second-order valence-corrected chi connectivity index (χ2v) is 4.15. The molecule has 2 heteroatoms. The molecule has 1 unspecified atom stereocenters. The van der Waals surface area contributed by atoms with Crippen LogP contribution in [0.4, 0.5) is 0 Å². The highest BCUT2D eigenvalue weighted by atomic mass is 16.2. The van der Waals surface area contributed by atoms with Gasteiger partial charge in [-0.25, -0.2) is 0 Å². The Labute approximate surface area is 81.9 Å². The van der Waals surface area contributed by atoms with Crippen molar-refractivity contribution >= 4 is 0 Å². The van der Waals surface area contributed by atoms with Crippen LogP contribution >= 0.6 is 0 Å². The fraction of sp³-hybridized carbons (Fsp3) is 1.00. The molecule has 0 spiro atoms. The molecule has 1 rings (SSSR count). The van der Waals surface area contributed by atoms with Gasteiger partial charge in [0.1, 0.15) is 0 Å². The highest BCUT2D eigenvalue weighted by Crippen LogP contribution is 2.19. The summed E-state index contributed by atoms with van der Waals surface area (Å²) in [5.74, 6) is 0.956. The Morgan fingerprint density at radius 2 is 2.15 bits per heavy atom. The molecule has 1 saturated heterocycles. The molecular weight excluding hydrogens is 162 g/mol. The van der Waals surface area contributed by atoms with Crippen LogP contribution in [0.25, 0.3) is 0 Å². The second kappa shape index (κ2) is 6.39. The first kappa shape index (κ1) is 11.0. The third kappa shape index (κ3) is 4.10. The quantitative estimate of drug-likeness (QED) is 0.639. The zero-order chi connectivity index (χ0) is 9.52. The predicted octanol–water partition coefficient (Wildman–Crippen LogP) is 1.88. The van der Waals surface area contributed by atoms with Crippen LogP contribution in [-0.2, 0) is 0 Å². The summed E-state index contributed by atoms with van der Waals surface area (Å²) < 4.78 is 0. The Balaban J connectivity index is 1.97. The van der Waals surface area contributed by atoms with Crippen LogP contribution in [-0.4, -0.2) is 36.2 Å². The number of likely N-dealkylation sites (tertiary alicyclic amines) is 1. The number of rotatable bonds is 6. The third-order valence-electron chi connectivity index (χ3n) is 3.08. The van der Waals surface area contributed by atoms with Crippen molar-refractivity contribution in [3.63, 3.8) is 0 Å². The van der Waals surface area contributed by atoms with E-state index >= 15 is 0 Å². The first-order valence-electron chi connectivity index (χ1n) is 5.70. The van der Waals surface area contributed by atoms with Crippen molar-refractivity contribution in [2.24, 2.45) is 5.92 Å². The van der Waals surface area contributed by atoms with Crippen LogP contribution in [0, 0.1) is 5.92 Å². The zero-order valence-corrected chi connectivity index (χ0v) is 8.84. The minimum Gasteiger partial charge on any atom is -0.396 e. The van der Waals surface area contributed by atoms with Gasteiger partial charge in [0.15, 0.2) is 0 Å². The van der Waals surface area contributed by atoms with Crippen molar-refractivity contribution < 1.29 is 5.11 Å². The second-order valence-electron chi connectivity index (χ2n) is 4.15. The first-order valence-corrected chi connectivity index (χ1v) is 5.70. The van der Waals surface area contributed by atoms with Crippen molar-refractivity contribution in [2.75, 3.05) is 26.2 Å². The molecule has 13 heavy (non-hydrogen) atoms. The zero-order valence-electron chi connectivity index (χ0n) is 8.84. The van der Waals surface area contributed by atoms with E-state index in [4.69, 9.17) is 5.11 Å². The lowest BCUT2D eigenvalue weighted by Crippen LogP contribution is -2.21. The van der Waals surface area contributed by atoms with Crippen molar-refractivity contribution in [1.29, 1.82) is 0 Å². The van der Waals surface area contributed by atoms with Gasteiger partial charge >= 0.3 is 0 Å². The van der Waals surface area contributed by atoms with Gasteiger partial charge in [-0.2, -0.15) is 0 Å². The van der Waals surface area contributed by atoms with Crippen LogP contribution in [0.15, 0.2) is 0 Å². The normalized spacial score (nSPS) is 24.0. The molecule has 2 nitrogen and oxygen atoms in total. The van der Waals surface area contributed by atoms with Crippen molar-refractivity contribution in [1.82, 2.24) is 4.90 Å². The third-order valence-corrected chi connectivity index (χ3v) is 3.08. The molecule has 0 aromatic heterocycles. The smallest absolute Gasteiger partial charge is 0.0431 e. The van der Waals surface area contributed by atoms with Crippen LogP contribution in [0.2, 0.25) is 0 Å². The first-order chi connectivity index (χ1) is 6.36. The van der Waals surface area contributed by atoms with E-state index in [1.165, 1.54) is 45.3 Å². The largest absolute Gasteiger partial charge is 0.396 e. The highest BCUT2D eigenvalue weighted by Gasteiger charge is 2.19. The molecule has 0 bridgehead atoms. The van der Waals surface area contributed by atoms with Gasteiger partial charge in [-0.05, 0) is 44.7 Å². The minimum absolute atomic E-state index is 0.359. The maximum atomic E-state index is 8.62. The van der Waals surface area contributed by atoms with Gasteiger partial charge in [-0.1, -0.05) is 13.3 Å². The Morgan fingerprint density at radius 3 is 2.77 bits per heavy atom. The Morgan fingerprint density at radius 1 is 1.31 bits per heavy atom. The number of aliphatic hydroxyl groups is 1. The number of hydrogen-bond acceptors (Lipinski definition) is 2. The molecule has 1 N–H and O–H groups in total. The summed E-state index contributed by atoms with van der Waals surface area (Å²) in [6.45, 7) is 6.52. The summed E-state index contributed by atoms with van der Waals surface area (Å²) in [6, 6.07) is 0. The fourth-order valence-electron chi connectivity index (χ4n) is 2.07. The molecule has 1 atom stereocenters. The summed E-state index contributed by atoms with van der Waals surface area (Å²) >= 11 is 0. The molecular formula is C11H23NO. The van der Waals surface area contributed by atoms with Gasteiger partial charge in [-0.3, -0.25) is 0 Å². The molecule has 1 aliphatic heterocycles. The molecule has 0 aliphatic carbocycles. The lowest BCUT2D eigenvalue weighted by molar-refractivity contribution is 0.271. The maximum absolute atomic E-state index is 8.62. The van der Waals surface area contributed by atoms with Gasteiger partial charge in [0.05, 0.1) is 0 Å². The van der Waals surface area contributed by atoms with Gasteiger partial charge in [0.2, 0.25) is 0 Å². The van der Waals surface area contributed by atoms with E-state index in [2.05, 4.69) is 11.8 Å². The van der Waals surface area contributed by atoms with Crippen LogP contribution in [0.5, 0.6) is 0 Å². The van der Waals surface area contributed by atoms with Gasteiger partial charge in [0, 0.05) is 13.2 Å². The minimum atomic E-state index is 0.359. The SMILES string of the molecule is CCC1CCN(CCCCCO)C1. The molecule has 0 radical (unpaired) electrons. The number of hydrogen-bond donors (Lipinski definition) is 1. The average Bonchev–Trinajstić information content (AvgIpc) is 2.60. The van der Waals surface area contributed by atoms with Crippen molar-refractivity contribution in [3.05, 3.63) is 0 Å². The van der Waals surface area contributed by atoms with Crippen LogP contribution in [0.3, 0.4) is 0 Å². The summed E-state index contributed by atoms with van der Waals surface area (Å²) in [4.78, 5) is 2.57. The van der Waals surface area contributed by atoms with E-state index in [-0.39, 0.29) is 0 Å². The monoisotopic (exact) mass is 185 g/mol. The van der Waals surface area contributed by atoms with Gasteiger partial charge in [-0.15, -0.1) is 0 Å². The Bertz CT molecular complexity index is 127. The highest BCUT2D eigenvalue weighted by molar-refractivity contribution is 4.74. The standard InChI is InChI=1S/C11H23NO/c1-2-11-6-8-12(10-11)7-4-3-5-9-13/h11,13H,2-10H2,1H3. The molecule has 1 fully saturated rings. The van der Waals surface area contributed by atoms with Crippen LogP contribution < -0.4 is 0 Å². The lowest BCUT2D eigenvalue weighted by atomic mass is 10.1. The van der Waals surface area contributed by atoms with E-state index in [9.17, 15) is 0 Å². The Kier molecular flexibility index (Phi) is 5.40. The van der Waals surface area contributed by atoms with Crippen molar-refractivity contribution in [3.8, 4) is 0 Å². The number of aliphatic hydroxyl groups excluding tert-OH is 1. The van der Waals surface area contributed by atoms with E-state index in [0.717, 1.165) is 12.3 Å². The maximum Gasteiger partial charge on any atom is 0.0431 e. The predicted molar refractivity (Wildman–Crippen MR) is 55.8 cm³/mol. The van der Waals surface area contributed by atoms with Crippen molar-refractivity contribution in [2.45, 2.75) is 39.0 Å². The van der Waals surface area contributed by atoms with E-state index < -0.39 is 0 Å². The molecule has 0 amide bonds. The average molecular weight is 185 g/mol. The Hall–Kier alpha value is -0.0800. The van der Waals surface area contributed by atoms with E-state index in [1.807, 2.05) is 0 Å². The van der Waals surface area contributed by atoms with E-state index in [1.54, 1.807) is 0 Å². The summed E-state index contributed by atoms with van der Waals surface area (Å²) in [5, 5.41) is 8.62. The topological polar surface area (TPSA) is 23.5 Å². The lowest BCUT2D eigenvalue weighted by Gasteiger charge is -2.14. The summed E-state index contributed by atoms with van der Waals surface area (Å²) in [7, 11) is 0. The molecule has 0 saturated carbocycles. The number of unbranched alkanes of at least 4 members (excludes halogenated alkanes) is 2. The summed E-state index contributed by atoms with van der Waals surface area (Å²) in [5.41, 5.74) is 0. The molecule has 1 heterocycles. The van der Waals surface area contributed by atoms with Gasteiger partial charge < -0.3 is 10.0 Å². The molecule has 0 aromatic rings. The fourth-order valence-corrected chi connectivity index (χ4v) is 2.07.